The maximum absolute atomic E-state index is 10.1. The number of carbonyl (C=O) groups excluding carboxylic acids is 1. The lowest BCUT2D eigenvalue weighted by Crippen LogP contribution is -2.21. The van der Waals surface area contributed by atoms with Crippen molar-refractivity contribution in [2.24, 2.45) is 0 Å². The van der Waals surface area contributed by atoms with Crippen molar-refractivity contribution in [1.29, 1.82) is 0 Å². The molecule has 0 aromatic carbocycles. The molecule has 0 aliphatic carbocycles. The molecule has 0 heterocycles. The van der Waals surface area contributed by atoms with Crippen LogP contribution in [0.2, 0.25) is 0 Å². The van der Waals surface area contributed by atoms with Crippen LogP contribution < -0.4 is 5.11 Å². The normalized spacial score (nSPS) is 12.7. The predicted octanol–water partition coefficient (Wildman–Crippen LogP) is 1.63. The monoisotopic (exact) mass is 215 g/mol. The Morgan fingerprint density at radius 3 is 2.00 bits per heavy atom. The van der Waals surface area contributed by atoms with Gasteiger partial charge in [0.15, 0.2) is 0 Å². The Labute approximate surface area is 92.5 Å². The van der Waals surface area contributed by atoms with Crippen molar-refractivity contribution in [2.75, 3.05) is 0 Å². The fourth-order valence-electron chi connectivity index (χ4n) is 1.59. The highest BCUT2D eigenvalue weighted by Gasteiger charge is 1.95. The molecule has 0 aromatic heterocycles. The van der Waals surface area contributed by atoms with Crippen LogP contribution in [0.5, 0.6) is 0 Å². The third kappa shape index (κ3) is 13.4. The van der Waals surface area contributed by atoms with Crippen LogP contribution in [0.1, 0.15) is 64.7 Å². The second-order valence-electron chi connectivity index (χ2n) is 4.23. The molecule has 3 nitrogen and oxygen atoms in total. The average molecular weight is 215 g/mol. The quantitative estimate of drug-likeness (QED) is 0.563. The van der Waals surface area contributed by atoms with Gasteiger partial charge in [0.1, 0.15) is 0 Å². The van der Waals surface area contributed by atoms with Gasteiger partial charge in [0.2, 0.25) is 0 Å². The summed E-state index contributed by atoms with van der Waals surface area (Å²) in [5.74, 6) is -0.938. The molecule has 90 valence electrons. The number of carbonyl (C=O) groups is 1. The molecular weight excluding hydrogens is 192 g/mol. The minimum atomic E-state index is -0.938. The summed E-state index contributed by atoms with van der Waals surface area (Å²) in [6.45, 7) is 1.82. The first kappa shape index (κ1) is 14.4. The maximum Gasteiger partial charge on any atom is 0.0512 e. The van der Waals surface area contributed by atoms with Crippen LogP contribution in [0, 0.1) is 0 Å². The third-order valence-electron chi connectivity index (χ3n) is 2.50. The number of hydrogen-bond acceptors (Lipinski definition) is 3. The first-order chi connectivity index (χ1) is 7.13. The van der Waals surface area contributed by atoms with Crippen molar-refractivity contribution >= 4 is 5.97 Å². The molecular formula is C12H23O3-. The van der Waals surface area contributed by atoms with E-state index in [2.05, 4.69) is 0 Å². The zero-order valence-electron chi connectivity index (χ0n) is 9.71. The van der Waals surface area contributed by atoms with Crippen LogP contribution >= 0.6 is 0 Å². The van der Waals surface area contributed by atoms with E-state index in [1.165, 1.54) is 19.3 Å². The summed E-state index contributed by atoms with van der Waals surface area (Å²) in [7, 11) is 0. The number of carboxylic acids is 1. The lowest BCUT2D eigenvalue weighted by molar-refractivity contribution is -0.305. The first-order valence-corrected chi connectivity index (χ1v) is 6.01. The average Bonchev–Trinajstić information content (AvgIpc) is 2.14. The predicted molar refractivity (Wildman–Crippen MR) is 58.2 cm³/mol. The van der Waals surface area contributed by atoms with E-state index in [1.807, 2.05) is 6.92 Å². The van der Waals surface area contributed by atoms with E-state index in [-0.39, 0.29) is 12.5 Å². The Kier molecular flexibility index (Phi) is 9.59. The highest BCUT2D eigenvalue weighted by Crippen LogP contribution is 2.10. The standard InChI is InChI=1S/C12H24O3/c1-11(13)9-7-5-3-2-4-6-8-10-12(14)15/h11,13H,2-10H2,1H3,(H,14,15)/p-1. The van der Waals surface area contributed by atoms with E-state index in [0.29, 0.717) is 0 Å². The van der Waals surface area contributed by atoms with E-state index in [0.717, 1.165) is 32.1 Å². The molecule has 3 heteroatoms. The van der Waals surface area contributed by atoms with Crippen molar-refractivity contribution in [2.45, 2.75) is 70.8 Å². The van der Waals surface area contributed by atoms with Gasteiger partial charge in [0.05, 0.1) is 6.10 Å². The topological polar surface area (TPSA) is 60.4 Å². The zero-order valence-corrected chi connectivity index (χ0v) is 9.71. The number of carboxylic acid groups (broad SMARTS) is 1. The Morgan fingerprint density at radius 1 is 1.07 bits per heavy atom. The SMILES string of the molecule is CC(O)CCCCCCCCCC(=O)[O-]. The zero-order chi connectivity index (χ0) is 11.5. The molecule has 1 N–H and O–H groups in total. The second kappa shape index (κ2) is 9.97. The number of aliphatic hydroxyl groups excluding tert-OH is 1. The molecule has 0 saturated heterocycles. The summed E-state index contributed by atoms with van der Waals surface area (Å²) in [6.07, 6.45) is 8.40. The summed E-state index contributed by atoms with van der Waals surface area (Å²) in [5, 5.41) is 19.1. The number of hydrogen-bond donors (Lipinski definition) is 1. The molecule has 1 unspecified atom stereocenters. The van der Waals surface area contributed by atoms with Crippen LogP contribution in [-0.2, 0) is 4.79 Å². The summed E-state index contributed by atoms with van der Waals surface area (Å²) >= 11 is 0. The van der Waals surface area contributed by atoms with Crippen LogP contribution in [0.4, 0.5) is 0 Å². The van der Waals surface area contributed by atoms with E-state index in [4.69, 9.17) is 5.11 Å². The van der Waals surface area contributed by atoms with Crippen LogP contribution in [0.15, 0.2) is 0 Å². The highest BCUT2D eigenvalue weighted by molar-refractivity contribution is 5.63. The van der Waals surface area contributed by atoms with Crippen molar-refractivity contribution in [3.05, 3.63) is 0 Å². The molecule has 0 spiro atoms. The highest BCUT2D eigenvalue weighted by atomic mass is 16.4. The summed E-state index contributed by atoms with van der Waals surface area (Å²) in [5.41, 5.74) is 0. The van der Waals surface area contributed by atoms with Crippen molar-refractivity contribution in [3.63, 3.8) is 0 Å². The van der Waals surface area contributed by atoms with E-state index in [9.17, 15) is 9.90 Å². The maximum atomic E-state index is 10.1. The van der Waals surface area contributed by atoms with Gasteiger partial charge in [-0.1, -0.05) is 38.5 Å². The fraction of sp³-hybridized carbons (Fsp3) is 0.917. The van der Waals surface area contributed by atoms with Gasteiger partial charge >= 0.3 is 0 Å². The number of unbranched alkanes of at least 4 members (excludes halogenated alkanes) is 6. The van der Waals surface area contributed by atoms with Gasteiger partial charge < -0.3 is 15.0 Å². The largest absolute Gasteiger partial charge is 0.550 e. The third-order valence-corrected chi connectivity index (χ3v) is 2.50. The Bertz CT molecular complexity index is 155. The molecule has 0 radical (unpaired) electrons. The van der Waals surface area contributed by atoms with Gasteiger partial charge in [0.25, 0.3) is 0 Å². The summed E-state index contributed by atoms with van der Waals surface area (Å²) < 4.78 is 0. The minimum Gasteiger partial charge on any atom is -0.550 e. The molecule has 15 heavy (non-hydrogen) atoms. The Morgan fingerprint density at radius 2 is 1.53 bits per heavy atom. The lowest BCUT2D eigenvalue weighted by Gasteiger charge is -2.04. The number of aliphatic carboxylic acids is 1. The fourth-order valence-corrected chi connectivity index (χ4v) is 1.59. The van der Waals surface area contributed by atoms with Crippen LogP contribution in [-0.4, -0.2) is 17.2 Å². The van der Waals surface area contributed by atoms with Gasteiger partial charge in [-0.25, -0.2) is 0 Å². The molecule has 0 fully saturated rings. The summed E-state index contributed by atoms with van der Waals surface area (Å²) in [6, 6.07) is 0. The minimum absolute atomic E-state index is 0.173. The number of aliphatic hydroxyl groups is 1. The molecule has 1 atom stereocenters. The van der Waals surface area contributed by atoms with Gasteiger partial charge in [0, 0.05) is 5.97 Å². The Hall–Kier alpha value is -0.570. The number of rotatable bonds is 10. The molecule has 0 aliphatic heterocycles. The van der Waals surface area contributed by atoms with Gasteiger partial charge in [-0.15, -0.1) is 0 Å². The summed E-state index contributed by atoms with van der Waals surface area (Å²) in [4.78, 5) is 10.1. The van der Waals surface area contributed by atoms with Crippen LogP contribution in [0.3, 0.4) is 0 Å². The molecule has 0 saturated carbocycles. The van der Waals surface area contributed by atoms with Crippen LogP contribution in [0.25, 0.3) is 0 Å². The lowest BCUT2D eigenvalue weighted by atomic mass is 10.1. The molecule has 0 aromatic rings. The second-order valence-corrected chi connectivity index (χ2v) is 4.23. The van der Waals surface area contributed by atoms with E-state index in [1.54, 1.807) is 0 Å². The molecule has 0 bridgehead atoms. The van der Waals surface area contributed by atoms with Gasteiger partial charge in [-0.3, -0.25) is 0 Å². The van der Waals surface area contributed by atoms with Crippen molar-refractivity contribution < 1.29 is 15.0 Å². The molecule has 0 amide bonds. The van der Waals surface area contributed by atoms with Crippen molar-refractivity contribution in [1.82, 2.24) is 0 Å². The smallest absolute Gasteiger partial charge is 0.0512 e. The van der Waals surface area contributed by atoms with Gasteiger partial charge in [-0.2, -0.15) is 0 Å². The van der Waals surface area contributed by atoms with Crippen molar-refractivity contribution in [3.8, 4) is 0 Å². The molecule has 0 rings (SSSR count). The molecule has 0 aliphatic rings. The van der Waals surface area contributed by atoms with E-state index >= 15 is 0 Å². The van der Waals surface area contributed by atoms with E-state index < -0.39 is 5.97 Å². The van der Waals surface area contributed by atoms with Gasteiger partial charge in [-0.05, 0) is 26.2 Å². The Balaban J connectivity index is 2.96. The first-order valence-electron chi connectivity index (χ1n) is 6.01.